The van der Waals surface area contributed by atoms with Crippen molar-refractivity contribution in [2.75, 3.05) is 11.9 Å². The first-order valence-corrected chi connectivity index (χ1v) is 9.11. The lowest BCUT2D eigenvalue weighted by Crippen LogP contribution is -2.35. The molecule has 3 rings (SSSR count). The molecular formula is C19H16Cl2N4O3. The number of benzene rings is 1. The topological polar surface area (TPSA) is 92.7 Å². The van der Waals surface area contributed by atoms with Gasteiger partial charge in [-0.25, -0.2) is 14.8 Å². The summed E-state index contributed by atoms with van der Waals surface area (Å²) in [6, 6.07) is 8.60. The number of pyridine rings is 1. The number of allylic oxidation sites excluding steroid dienone is 1. The minimum atomic E-state index is -0.605. The number of amides is 1. The first kappa shape index (κ1) is 19.9. The van der Waals surface area contributed by atoms with Gasteiger partial charge in [-0.15, -0.1) is 0 Å². The van der Waals surface area contributed by atoms with Gasteiger partial charge in [0.25, 0.3) is 5.91 Å². The molecule has 2 N–H and O–H groups in total. The molecule has 9 heteroatoms. The summed E-state index contributed by atoms with van der Waals surface area (Å²) in [6.07, 6.45) is 1.29. The van der Waals surface area contributed by atoms with Crippen LogP contribution in [-0.2, 0) is 9.53 Å². The van der Waals surface area contributed by atoms with Gasteiger partial charge < -0.3 is 15.4 Å². The summed E-state index contributed by atoms with van der Waals surface area (Å²) >= 11 is 11.7. The molecule has 0 bridgehead atoms. The molecule has 2 aromatic rings. The van der Waals surface area contributed by atoms with E-state index in [0.29, 0.717) is 17.1 Å². The summed E-state index contributed by atoms with van der Waals surface area (Å²) in [5.74, 6) is -1.09. The summed E-state index contributed by atoms with van der Waals surface area (Å²) in [6.45, 7) is 3.58. The summed E-state index contributed by atoms with van der Waals surface area (Å²) in [5, 5.41) is 6.02. The third-order valence-electron chi connectivity index (χ3n) is 3.84. The molecule has 1 aliphatic rings. The number of nitrogens with one attached hydrogen (secondary N) is 2. The van der Waals surface area contributed by atoms with Gasteiger partial charge in [0, 0.05) is 11.9 Å². The van der Waals surface area contributed by atoms with E-state index in [-0.39, 0.29) is 33.8 Å². The van der Waals surface area contributed by atoms with Gasteiger partial charge in [-0.1, -0.05) is 35.3 Å². The lowest BCUT2D eigenvalue weighted by Gasteiger charge is -2.13. The first-order chi connectivity index (χ1) is 13.4. The van der Waals surface area contributed by atoms with Crippen LogP contribution in [0.1, 0.15) is 24.2 Å². The Hall–Kier alpha value is -2.90. The molecule has 0 spiro atoms. The maximum Gasteiger partial charge on any atom is 0.343 e. The van der Waals surface area contributed by atoms with Gasteiger partial charge in [-0.3, -0.25) is 4.79 Å². The number of ether oxygens (including phenoxy) is 1. The zero-order valence-corrected chi connectivity index (χ0v) is 16.6. The normalized spacial score (nSPS) is 13.1. The molecule has 1 amide bonds. The fourth-order valence-electron chi connectivity index (χ4n) is 2.56. The van der Waals surface area contributed by atoms with Crippen molar-refractivity contribution < 1.29 is 14.3 Å². The number of para-hydroxylation sites is 2. The zero-order chi connectivity index (χ0) is 20.3. The van der Waals surface area contributed by atoms with Gasteiger partial charge in [0.15, 0.2) is 0 Å². The molecule has 2 heterocycles. The summed E-state index contributed by atoms with van der Waals surface area (Å²) in [5.41, 5.74) is 2.04. The molecule has 0 saturated heterocycles. The van der Waals surface area contributed by atoms with Crippen molar-refractivity contribution in [2.45, 2.75) is 13.8 Å². The van der Waals surface area contributed by atoms with Crippen molar-refractivity contribution in [1.29, 1.82) is 0 Å². The maximum atomic E-state index is 12.7. The van der Waals surface area contributed by atoms with Crippen LogP contribution in [0.25, 0.3) is 0 Å². The van der Waals surface area contributed by atoms with E-state index in [9.17, 15) is 9.59 Å². The van der Waals surface area contributed by atoms with Crippen LogP contribution in [0.15, 0.2) is 52.8 Å². The molecule has 7 nitrogen and oxygen atoms in total. The van der Waals surface area contributed by atoms with Crippen LogP contribution < -0.4 is 10.6 Å². The van der Waals surface area contributed by atoms with Crippen LogP contribution in [0.3, 0.4) is 0 Å². The molecule has 0 radical (unpaired) electrons. The highest BCUT2D eigenvalue weighted by Crippen LogP contribution is 2.30. The standard InChI is InChI=1S/C19H16Cl2N4O3/c1-3-28-19(27)15-10(2)23-13-6-4-5-7-14(13)24-17(15)25-18(26)11-8-12(20)16(21)22-9-11/h4-9,23H,3H2,1-2H3,(H,24,25,26). The van der Waals surface area contributed by atoms with E-state index in [1.165, 1.54) is 12.3 Å². The fourth-order valence-corrected chi connectivity index (χ4v) is 2.83. The van der Waals surface area contributed by atoms with Crippen LogP contribution >= 0.6 is 23.2 Å². The Bertz CT molecular complexity index is 1020. The summed E-state index contributed by atoms with van der Waals surface area (Å²) in [4.78, 5) is 33.6. The first-order valence-electron chi connectivity index (χ1n) is 8.36. The number of nitrogens with zero attached hydrogens (tertiary/aromatic N) is 2. The maximum absolute atomic E-state index is 12.7. The number of anilines is 1. The number of aliphatic imine (C=N–C) groups is 1. The number of carbonyl (C=O) groups excluding carboxylic acids is 2. The Morgan fingerprint density at radius 1 is 1.25 bits per heavy atom. The Morgan fingerprint density at radius 2 is 2.00 bits per heavy atom. The highest BCUT2D eigenvalue weighted by Gasteiger charge is 2.26. The number of carbonyl (C=O) groups is 2. The minimum Gasteiger partial charge on any atom is -0.462 e. The monoisotopic (exact) mass is 418 g/mol. The van der Waals surface area contributed by atoms with E-state index in [1.54, 1.807) is 26.0 Å². The molecular weight excluding hydrogens is 403 g/mol. The Kier molecular flexibility index (Phi) is 5.96. The molecule has 144 valence electrons. The Morgan fingerprint density at radius 3 is 2.71 bits per heavy atom. The van der Waals surface area contributed by atoms with Gasteiger partial charge in [0.1, 0.15) is 16.6 Å². The molecule has 0 fully saturated rings. The number of rotatable bonds is 3. The highest BCUT2D eigenvalue weighted by atomic mass is 35.5. The van der Waals surface area contributed by atoms with Crippen molar-refractivity contribution in [2.24, 2.45) is 4.99 Å². The third kappa shape index (κ3) is 4.16. The Balaban J connectivity index is 2.03. The number of esters is 1. The largest absolute Gasteiger partial charge is 0.462 e. The van der Waals surface area contributed by atoms with E-state index < -0.39 is 11.9 Å². The van der Waals surface area contributed by atoms with Gasteiger partial charge in [-0.05, 0) is 32.0 Å². The smallest absolute Gasteiger partial charge is 0.343 e. The van der Waals surface area contributed by atoms with Crippen molar-refractivity contribution in [1.82, 2.24) is 10.3 Å². The quantitative estimate of drug-likeness (QED) is 0.577. The highest BCUT2D eigenvalue weighted by molar-refractivity contribution is 6.41. The zero-order valence-electron chi connectivity index (χ0n) is 15.0. The molecule has 1 aromatic carbocycles. The number of aromatic nitrogens is 1. The van der Waals surface area contributed by atoms with Gasteiger partial charge in [-0.2, -0.15) is 0 Å². The summed E-state index contributed by atoms with van der Waals surface area (Å²) < 4.78 is 5.14. The lowest BCUT2D eigenvalue weighted by molar-refractivity contribution is -0.137. The summed E-state index contributed by atoms with van der Waals surface area (Å²) in [7, 11) is 0. The van der Waals surface area contributed by atoms with Crippen molar-refractivity contribution in [3.05, 3.63) is 63.5 Å². The van der Waals surface area contributed by atoms with Crippen LogP contribution in [-0.4, -0.2) is 29.3 Å². The van der Waals surface area contributed by atoms with E-state index >= 15 is 0 Å². The van der Waals surface area contributed by atoms with Crippen LogP contribution in [0.2, 0.25) is 10.2 Å². The van der Waals surface area contributed by atoms with Crippen molar-refractivity contribution in [3.8, 4) is 0 Å². The van der Waals surface area contributed by atoms with Crippen LogP contribution in [0, 0.1) is 0 Å². The van der Waals surface area contributed by atoms with Gasteiger partial charge in [0.05, 0.1) is 28.6 Å². The minimum absolute atomic E-state index is 0.0597. The second-order valence-corrected chi connectivity index (χ2v) is 6.54. The predicted molar refractivity (Wildman–Crippen MR) is 108 cm³/mol. The molecule has 0 atom stereocenters. The molecule has 0 saturated carbocycles. The average molecular weight is 419 g/mol. The van der Waals surface area contributed by atoms with Gasteiger partial charge >= 0.3 is 5.97 Å². The number of hydrogen-bond donors (Lipinski definition) is 2. The second kappa shape index (κ2) is 8.41. The Labute approximate surface area is 171 Å². The average Bonchev–Trinajstić information content (AvgIpc) is 2.79. The van der Waals surface area contributed by atoms with Crippen LogP contribution in [0.5, 0.6) is 0 Å². The van der Waals surface area contributed by atoms with E-state index in [4.69, 9.17) is 27.9 Å². The number of amidine groups is 1. The van der Waals surface area contributed by atoms with E-state index in [1.807, 2.05) is 12.1 Å². The molecule has 1 aromatic heterocycles. The SMILES string of the molecule is CCOC(=O)C1=C(C)Nc2ccccc2N=C1NC(=O)c1cnc(Cl)c(Cl)c1. The third-order valence-corrected chi connectivity index (χ3v) is 4.53. The second-order valence-electron chi connectivity index (χ2n) is 5.77. The fraction of sp³-hybridized carbons (Fsp3) is 0.158. The van der Waals surface area contributed by atoms with Crippen molar-refractivity contribution >= 4 is 52.3 Å². The molecule has 0 aliphatic carbocycles. The number of hydrogen-bond acceptors (Lipinski definition) is 6. The van der Waals surface area contributed by atoms with E-state index in [2.05, 4.69) is 20.6 Å². The van der Waals surface area contributed by atoms with Crippen molar-refractivity contribution in [3.63, 3.8) is 0 Å². The number of fused-ring (bicyclic) bond motifs is 1. The molecule has 0 unspecified atom stereocenters. The van der Waals surface area contributed by atoms with E-state index in [0.717, 1.165) is 0 Å². The molecule has 28 heavy (non-hydrogen) atoms. The lowest BCUT2D eigenvalue weighted by atomic mass is 10.1. The van der Waals surface area contributed by atoms with Gasteiger partial charge in [0.2, 0.25) is 0 Å². The molecule has 1 aliphatic heterocycles. The predicted octanol–water partition coefficient (Wildman–Crippen LogP) is 4.11. The number of halogens is 2. The van der Waals surface area contributed by atoms with Crippen LogP contribution in [0.4, 0.5) is 11.4 Å².